The van der Waals surface area contributed by atoms with Crippen molar-refractivity contribution in [2.24, 2.45) is 0 Å². The maximum absolute atomic E-state index is 11.9. The summed E-state index contributed by atoms with van der Waals surface area (Å²) in [6, 6.07) is 0. The summed E-state index contributed by atoms with van der Waals surface area (Å²) in [6.45, 7) is 4.68. The normalized spacial score (nSPS) is 15.8. The molecule has 2 aromatic rings. The Bertz CT molecular complexity index is 653. The molecule has 2 N–H and O–H groups in total. The van der Waals surface area contributed by atoms with Crippen LogP contribution in [0.25, 0.3) is 11.0 Å². The summed E-state index contributed by atoms with van der Waals surface area (Å²) in [4.78, 5) is 24.6. The Hall–Kier alpha value is -2.38. The molecule has 0 atom stereocenters. The van der Waals surface area contributed by atoms with E-state index in [9.17, 15) is 4.79 Å². The topological polar surface area (TPSA) is 90.0 Å². The summed E-state index contributed by atoms with van der Waals surface area (Å²) >= 11 is 0. The highest BCUT2D eigenvalue weighted by Crippen LogP contribution is 2.24. The van der Waals surface area contributed by atoms with Crippen molar-refractivity contribution >= 4 is 28.7 Å². The Morgan fingerprint density at radius 2 is 2.24 bits per heavy atom. The average molecular weight is 289 g/mol. The van der Waals surface area contributed by atoms with Crippen LogP contribution in [0, 0.1) is 0 Å². The number of aromatic nitrogens is 4. The van der Waals surface area contributed by atoms with E-state index in [0.29, 0.717) is 24.7 Å². The summed E-state index contributed by atoms with van der Waals surface area (Å²) in [5, 5.41) is 10.9. The standard InChI is InChI=1S/C13H19N7O/c1-3-4-14-13-16-11-9(7-15-18-11)12(17-13)20-6-5-19(2)10(21)8-20/h7H,3-6,8H2,1-2H3,(H2,14,15,16,17,18). The Kier molecular flexibility index (Phi) is 3.59. The Labute approximate surface area is 122 Å². The van der Waals surface area contributed by atoms with Crippen LogP contribution in [-0.4, -0.2) is 64.2 Å². The first-order valence-corrected chi connectivity index (χ1v) is 7.13. The van der Waals surface area contributed by atoms with Gasteiger partial charge in [-0.05, 0) is 6.42 Å². The monoisotopic (exact) mass is 289 g/mol. The van der Waals surface area contributed by atoms with Gasteiger partial charge in [0.15, 0.2) is 5.65 Å². The molecule has 0 spiro atoms. The quantitative estimate of drug-likeness (QED) is 0.849. The van der Waals surface area contributed by atoms with Crippen LogP contribution >= 0.6 is 0 Å². The number of nitrogens with zero attached hydrogens (tertiary/aromatic N) is 5. The van der Waals surface area contributed by atoms with Gasteiger partial charge >= 0.3 is 0 Å². The van der Waals surface area contributed by atoms with Gasteiger partial charge in [0.2, 0.25) is 11.9 Å². The molecule has 112 valence electrons. The minimum atomic E-state index is 0.0968. The van der Waals surface area contributed by atoms with Gasteiger partial charge in [0.1, 0.15) is 5.82 Å². The second kappa shape index (κ2) is 5.55. The summed E-state index contributed by atoms with van der Waals surface area (Å²) in [5.74, 6) is 1.42. The van der Waals surface area contributed by atoms with Gasteiger partial charge in [-0.1, -0.05) is 6.92 Å². The molecule has 8 nitrogen and oxygen atoms in total. The lowest BCUT2D eigenvalue weighted by atomic mass is 10.3. The van der Waals surface area contributed by atoms with Crippen molar-refractivity contribution < 1.29 is 4.79 Å². The van der Waals surface area contributed by atoms with Crippen molar-refractivity contribution in [3.8, 4) is 0 Å². The Morgan fingerprint density at radius 3 is 3.00 bits per heavy atom. The minimum absolute atomic E-state index is 0.0968. The molecule has 1 amide bonds. The number of carbonyl (C=O) groups excluding carboxylic acids is 1. The van der Waals surface area contributed by atoms with E-state index in [1.54, 1.807) is 11.1 Å². The molecule has 1 fully saturated rings. The smallest absolute Gasteiger partial charge is 0.241 e. The molecule has 8 heteroatoms. The van der Waals surface area contributed by atoms with Crippen LogP contribution < -0.4 is 10.2 Å². The van der Waals surface area contributed by atoms with E-state index in [-0.39, 0.29) is 5.91 Å². The number of anilines is 2. The molecule has 3 rings (SSSR count). The van der Waals surface area contributed by atoms with Gasteiger partial charge in [0, 0.05) is 26.7 Å². The van der Waals surface area contributed by atoms with E-state index < -0.39 is 0 Å². The Balaban J connectivity index is 1.96. The van der Waals surface area contributed by atoms with E-state index in [2.05, 4.69) is 32.4 Å². The molecule has 0 bridgehead atoms. The highest BCUT2D eigenvalue weighted by molar-refractivity contribution is 5.91. The molecule has 21 heavy (non-hydrogen) atoms. The molecule has 2 aromatic heterocycles. The van der Waals surface area contributed by atoms with Crippen LogP contribution in [0.3, 0.4) is 0 Å². The number of rotatable bonds is 4. The third-order valence-corrected chi connectivity index (χ3v) is 3.58. The largest absolute Gasteiger partial charge is 0.354 e. The van der Waals surface area contributed by atoms with Crippen molar-refractivity contribution in [2.75, 3.05) is 43.4 Å². The molecule has 0 unspecified atom stereocenters. The first kappa shape index (κ1) is 13.6. The third-order valence-electron chi connectivity index (χ3n) is 3.58. The number of nitrogens with one attached hydrogen (secondary N) is 2. The fourth-order valence-electron chi connectivity index (χ4n) is 2.32. The van der Waals surface area contributed by atoms with Crippen molar-refractivity contribution in [3.05, 3.63) is 6.20 Å². The number of carbonyl (C=O) groups is 1. The number of aromatic amines is 1. The van der Waals surface area contributed by atoms with E-state index in [0.717, 1.165) is 30.7 Å². The zero-order chi connectivity index (χ0) is 14.8. The molecule has 0 radical (unpaired) electrons. The van der Waals surface area contributed by atoms with Crippen molar-refractivity contribution in [1.82, 2.24) is 25.1 Å². The molecule has 1 aliphatic rings. The summed E-state index contributed by atoms with van der Waals surface area (Å²) < 4.78 is 0. The van der Waals surface area contributed by atoms with Gasteiger partial charge in [0.25, 0.3) is 0 Å². The summed E-state index contributed by atoms with van der Waals surface area (Å²) in [6.07, 6.45) is 2.70. The van der Waals surface area contributed by atoms with Crippen LogP contribution in [0.15, 0.2) is 6.20 Å². The molecule has 1 aliphatic heterocycles. The fraction of sp³-hybridized carbons (Fsp3) is 0.538. The van der Waals surface area contributed by atoms with E-state index in [1.165, 1.54) is 0 Å². The first-order chi connectivity index (χ1) is 10.2. The number of likely N-dealkylation sites (N-methyl/N-ethyl adjacent to an activating group) is 1. The number of amides is 1. The minimum Gasteiger partial charge on any atom is -0.354 e. The molecule has 1 saturated heterocycles. The van der Waals surface area contributed by atoms with Crippen molar-refractivity contribution in [2.45, 2.75) is 13.3 Å². The molecule has 0 aliphatic carbocycles. The van der Waals surface area contributed by atoms with Crippen LogP contribution in [0.5, 0.6) is 0 Å². The van der Waals surface area contributed by atoms with Gasteiger partial charge in [-0.25, -0.2) is 0 Å². The maximum atomic E-state index is 11.9. The molecule has 0 aromatic carbocycles. The lowest BCUT2D eigenvalue weighted by Crippen LogP contribution is -2.49. The maximum Gasteiger partial charge on any atom is 0.241 e. The highest BCUT2D eigenvalue weighted by Gasteiger charge is 2.24. The number of H-pyrrole nitrogens is 1. The van der Waals surface area contributed by atoms with E-state index >= 15 is 0 Å². The number of hydrogen-bond acceptors (Lipinski definition) is 6. The SMILES string of the molecule is CCCNc1nc(N2CCN(C)C(=O)C2)c2cn[nH]c2n1. The van der Waals surface area contributed by atoms with Crippen LogP contribution in [-0.2, 0) is 4.79 Å². The zero-order valence-corrected chi connectivity index (χ0v) is 12.3. The lowest BCUT2D eigenvalue weighted by Gasteiger charge is -2.33. The average Bonchev–Trinajstić information content (AvgIpc) is 2.95. The van der Waals surface area contributed by atoms with E-state index in [4.69, 9.17) is 0 Å². The van der Waals surface area contributed by atoms with Gasteiger partial charge in [-0.2, -0.15) is 15.1 Å². The highest BCUT2D eigenvalue weighted by atomic mass is 16.2. The predicted octanol–water partition coefficient (Wildman–Crippen LogP) is 0.453. The lowest BCUT2D eigenvalue weighted by molar-refractivity contribution is -0.129. The van der Waals surface area contributed by atoms with Gasteiger partial charge in [-0.15, -0.1) is 0 Å². The summed E-state index contributed by atoms with van der Waals surface area (Å²) in [7, 11) is 1.82. The van der Waals surface area contributed by atoms with Crippen LogP contribution in [0.4, 0.5) is 11.8 Å². The van der Waals surface area contributed by atoms with Crippen molar-refractivity contribution in [3.63, 3.8) is 0 Å². The van der Waals surface area contributed by atoms with Crippen LogP contribution in [0.2, 0.25) is 0 Å². The second-order valence-corrected chi connectivity index (χ2v) is 5.17. The summed E-state index contributed by atoms with van der Waals surface area (Å²) in [5.41, 5.74) is 0.685. The molecular formula is C13H19N7O. The second-order valence-electron chi connectivity index (χ2n) is 5.17. The number of fused-ring (bicyclic) bond motifs is 1. The Morgan fingerprint density at radius 1 is 1.38 bits per heavy atom. The zero-order valence-electron chi connectivity index (χ0n) is 12.3. The predicted molar refractivity (Wildman–Crippen MR) is 80.3 cm³/mol. The third kappa shape index (κ3) is 2.61. The van der Waals surface area contributed by atoms with Gasteiger partial charge < -0.3 is 15.1 Å². The molecule has 0 saturated carbocycles. The van der Waals surface area contributed by atoms with Gasteiger partial charge in [-0.3, -0.25) is 9.89 Å². The van der Waals surface area contributed by atoms with E-state index in [1.807, 2.05) is 11.9 Å². The fourth-order valence-corrected chi connectivity index (χ4v) is 2.32. The first-order valence-electron chi connectivity index (χ1n) is 7.13. The molecular weight excluding hydrogens is 270 g/mol. The number of hydrogen-bond donors (Lipinski definition) is 2. The van der Waals surface area contributed by atoms with Crippen molar-refractivity contribution in [1.29, 1.82) is 0 Å². The number of piperazine rings is 1. The van der Waals surface area contributed by atoms with Gasteiger partial charge in [0.05, 0.1) is 18.1 Å². The van der Waals surface area contributed by atoms with Crippen LogP contribution in [0.1, 0.15) is 13.3 Å². The molecule has 3 heterocycles.